The molecule has 2 aromatic carbocycles. The number of nitrogens with zero attached hydrogens (tertiary/aromatic N) is 4. The van der Waals surface area contributed by atoms with Gasteiger partial charge >= 0.3 is 12.1 Å². The summed E-state index contributed by atoms with van der Waals surface area (Å²) in [6.45, 7) is -1.98. The molecule has 1 heterocycles. The van der Waals surface area contributed by atoms with E-state index in [0.717, 1.165) is 11.0 Å². The summed E-state index contributed by atoms with van der Waals surface area (Å²) in [6.07, 6.45) is -0.646. The Morgan fingerprint density at radius 1 is 1.23 bits per heavy atom. The molecule has 0 saturated carbocycles. The molecule has 206 valence electrons. The highest BCUT2D eigenvalue weighted by molar-refractivity contribution is 6.31. The fourth-order valence-electron chi connectivity index (χ4n) is 3.49. The van der Waals surface area contributed by atoms with Crippen molar-refractivity contribution < 1.29 is 31.9 Å². The van der Waals surface area contributed by atoms with Gasteiger partial charge in [-0.1, -0.05) is 23.7 Å². The Bertz CT molecular complexity index is 1410. The molecular weight excluding hydrogens is 546 g/mol. The molecule has 0 fully saturated rings. The Labute approximate surface area is 224 Å². The van der Waals surface area contributed by atoms with Crippen LogP contribution in [-0.2, 0) is 11.3 Å². The maximum Gasteiger partial charge on any atom is 0.412 e. The third-order valence-electron chi connectivity index (χ3n) is 5.56. The molecule has 0 unspecified atom stereocenters. The number of ether oxygens (including phenoxy) is 1. The molecule has 10 nitrogen and oxygen atoms in total. The predicted molar refractivity (Wildman–Crippen MR) is 134 cm³/mol. The molecule has 0 aliphatic rings. The number of carbonyl (C=O) groups excluding carboxylic acids is 2. The second-order valence-electron chi connectivity index (χ2n) is 8.38. The van der Waals surface area contributed by atoms with E-state index in [9.17, 15) is 27.2 Å². The van der Waals surface area contributed by atoms with Crippen LogP contribution in [0.25, 0.3) is 10.8 Å². The van der Waals surface area contributed by atoms with Gasteiger partial charge in [0.25, 0.3) is 5.92 Å². The first-order chi connectivity index (χ1) is 18.5. The molecule has 0 aliphatic carbocycles. The van der Waals surface area contributed by atoms with Gasteiger partial charge in [0, 0.05) is 31.6 Å². The van der Waals surface area contributed by atoms with Crippen molar-refractivity contribution in [2.75, 3.05) is 25.5 Å². The number of urea groups is 1. The minimum absolute atomic E-state index is 0.0221. The van der Waals surface area contributed by atoms with E-state index in [2.05, 4.69) is 25.6 Å². The van der Waals surface area contributed by atoms with Crippen molar-refractivity contribution in [3.8, 4) is 0 Å². The minimum Gasteiger partial charge on any atom is -0.447 e. The lowest BCUT2D eigenvalue weighted by atomic mass is 10.1. The maximum atomic E-state index is 14.4. The number of fused-ring (bicyclic) bond motifs is 1. The lowest BCUT2D eigenvalue weighted by molar-refractivity contribution is -0.0270. The molecular formula is C24H23ClF4N7O3+. The van der Waals surface area contributed by atoms with Gasteiger partial charge in [-0.15, -0.1) is 0 Å². The van der Waals surface area contributed by atoms with Crippen molar-refractivity contribution >= 4 is 40.3 Å². The fraction of sp³-hybridized carbons (Fsp3) is 0.292. The van der Waals surface area contributed by atoms with E-state index in [4.69, 9.17) is 21.9 Å². The van der Waals surface area contributed by atoms with Gasteiger partial charge in [-0.2, -0.15) is 0 Å². The standard InChI is InChI=1S/C24H22ClF4N7O3/c1-36(22(37)32-11-15-3-2-4-19(27)21(15)25)18(9-24(28,29)13-33-35-30)12-39-23(38)34-20-8-16-7-17(26)6-5-14(16)10-31-20/h2-8,10,18,30H,9,11-13H2,1H3,(H-,31,32,34,37,38)/p+1/t18-/m0/s1. The largest absolute Gasteiger partial charge is 0.447 e. The van der Waals surface area contributed by atoms with Gasteiger partial charge in [-0.05, 0) is 41.3 Å². The number of anilines is 1. The van der Waals surface area contributed by atoms with Crippen LogP contribution < -0.4 is 15.5 Å². The molecule has 1 aromatic heterocycles. The summed E-state index contributed by atoms with van der Waals surface area (Å²) in [7, 11) is 1.20. The monoisotopic (exact) mass is 568 g/mol. The van der Waals surface area contributed by atoms with Gasteiger partial charge in [0.05, 0.1) is 11.1 Å². The van der Waals surface area contributed by atoms with Crippen LogP contribution in [0.5, 0.6) is 0 Å². The lowest BCUT2D eigenvalue weighted by Gasteiger charge is -2.30. The molecule has 0 spiro atoms. The second-order valence-corrected chi connectivity index (χ2v) is 8.76. The zero-order chi connectivity index (χ0) is 28.6. The Kier molecular flexibility index (Phi) is 9.74. The van der Waals surface area contributed by atoms with Crippen LogP contribution in [0, 0.1) is 17.2 Å². The summed E-state index contributed by atoms with van der Waals surface area (Å²) in [5.74, 6) is -4.66. The van der Waals surface area contributed by atoms with Crippen molar-refractivity contribution in [3.05, 3.63) is 70.9 Å². The minimum atomic E-state index is -3.50. The quantitative estimate of drug-likeness (QED) is 0.169. The van der Waals surface area contributed by atoms with Gasteiger partial charge in [-0.25, -0.2) is 32.1 Å². The summed E-state index contributed by atoms with van der Waals surface area (Å²) < 4.78 is 61.1. The molecule has 3 amide bonds. The Morgan fingerprint density at radius 2 is 2.00 bits per heavy atom. The van der Waals surface area contributed by atoms with E-state index in [1.807, 2.05) is 0 Å². The highest BCUT2D eigenvalue weighted by Gasteiger charge is 2.38. The number of benzene rings is 2. The first-order valence-corrected chi connectivity index (χ1v) is 11.7. The number of halogens is 5. The third kappa shape index (κ3) is 8.35. The van der Waals surface area contributed by atoms with E-state index in [0.29, 0.717) is 10.8 Å². The number of alkyl halides is 2. The summed E-state index contributed by atoms with van der Waals surface area (Å²) >= 11 is 5.88. The van der Waals surface area contributed by atoms with Gasteiger partial charge in [0.15, 0.2) is 6.54 Å². The molecule has 0 radical (unpaired) electrons. The van der Waals surface area contributed by atoms with Crippen LogP contribution in [0.15, 0.2) is 53.8 Å². The van der Waals surface area contributed by atoms with Crippen LogP contribution in [0.2, 0.25) is 5.02 Å². The van der Waals surface area contributed by atoms with Gasteiger partial charge in [0.2, 0.25) is 4.91 Å². The van der Waals surface area contributed by atoms with E-state index < -0.39 is 55.3 Å². The van der Waals surface area contributed by atoms with Crippen molar-refractivity contribution in [2.24, 2.45) is 5.11 Å². The second kappa shape index (κ2) is 13.0. The number of hydrogen-bond acceptors (Lipinski definition) is 6. The zero-order valence-electron chi connectivity index (χ0n) is 20.4. The molecule has 0 saturated heterocycles. The van der Waals surface area contributed by atoms with E-state index >= 15 is 0 Å². The number of likely N-dealkylation sites (N-methyl/N-ethyl adjacent to an activating group) is 1. The first-order valence-electron chi connectivity index (χ1n) is 11.3. The van der Waals surface area contributed by atoms with Crippen LogP contribution in [0.1, 0.15) is 12.0 Å². The average Bonchev–Trinajstić information content (AvgIpc) is 2.89. The summed E-state index contributed by atoms with van der Waals surface area (Å²) in [5.41, 5.74) is 6.86. The van der Waals surface area contributed by atoms with Gasteiger partial charge in [-0.3, -0.25) is 5.32 Å². The Balaban J connectivity index is 1.68. The lowest BCUT2D eigenvalue weighted by Crippen LogP contribution is -2.48. The molecule has 1 atom stereocenters. The Hall–Kier alpha value is -4.29. The molecule has 39 heavy (non-hydrogen) atoms. The number of carbonyl (C=O) groups is 2. The van der Waals surface area contributed by atoms with E-state index in [-0.39, 0.29) is 22.9 Å². The molecule has 0 bridgehead atoms. The first kappa shape index (κ1) is 29.3. The zero-order valence-corrected chi connectivity index (χ0v) is 21.2. The number of aromatic nitrogens is 1. The van der Waals surface area contributed by atoms with Gasteiger partial charge in [0.1, 0.15) is 34.7 Å². The summed E-state index contributed by atoms with van der Waals surface area (Å²) in [4.78, 5) is 32.6. The number of pyridine rings is 1. The highest BCUT2D eigenvalue weighted by Crippen LogP contribution is 2.24. The molecule has 3 rings (SSSR count). The SMILES string of the molecule is CN(C(=O)NCc1cccc(F)c1Cl)[C@H](COC(=O)Nc1cc2cc(F)ccc2cn1)CC(F)(F)CN=[N+]=N. The van der Waals surface area contributed by atoms with Crippen molar-refractivity contribution in [3.63, 3.8) is 0 Å². The van der Waals surface area contributed by atoms with Crippen molar-refractivity contribution in [2.45, 2.75) is 24.9 Å². The van der Waals surface area contributed by atoms with E-state index in [1.54, 1.807) is 0 Å². The summed E-state index contributed by atoms with van der Waals surface area (Å²) in [5, 5.41) is 8.64. The smallest absolute Gasteiger partial charge is 0.412 e. The van der Waals surface area contributed by atoms with Crippen LogP contribution in [0.4, 0.5) is 33.0 Å². The predicted octanol–water partition coefficient (Wildman–Crippen LogP) is 5.50. The number of hydrogen-bond donors (Lipinski definition) is 3. The number of nitrogens with one attached hydrogen (secondary N) is 3. The van der Waals surface area contributed by atoms with E-state index in [1.165, 1.54) is 49.6 Å². The van der Waals surface area contributed by atoms with Crippen LogP contribution in [0.3, 0.4) is 0 Å². The number of rotatable bonds is 10. The average molecular weight is 569 g/mol. The molecule has 3 aromatic rings. The van der Waals surface area contributed by atoms with Crippen LogP contribution >= 0.6 is 11.6 Å². The third-order valence-corrected chi connectivity index (χ3v) is 5.98. The van der Waals surface area contributed by atoms with Gasteiger partial charge < -0.3 is 15.0 Å². The van der Waals surface area contributed by atoms with Crippen molar-refractivity contribution in [1.82, 2.24) is 20.1 Å². The molecule has 0 aliphatic heterocycles. The number of amides is 3. The maximum absolute atomic E-state index is 14.4. The van der Waals surface area contributed by atoms with Crippen LogP contribution in [-0.4, -0.2) is 54.2 Å². The fourth-order valence-corrected chi connectivity index (χ4v) is 3.69. The molecule has 3 N–H and O–H groups in total. The molecule has 15 heteroatoms. The summed E-state index contributed by atoms with van der Waals surface area (Å²) in [6, 6.07) is 7.23. The highest BCUT2D eigenvalue weighted by atomic mass is 35.5. The topological polar surface area (TPSA) is 134 Å². The Morgan fingerprint density at radius 3 is 2.74 bits per heavy atom. The van der Waals surface area contributed by atoms with Crippen molar-refractivity contribution in [1.29, 1.82) is 5.53 Å². The normalized spacial score (nSPS) is 11.8.